The summed E-state index contributed by atoms with van der Waals surface area (Å²) in [6.45, 7) is 2.21. The second kappa shape index (κ2) is 2.57. The number of rotatable bonds is 2. The van der Waals surface area contributed by atoms with E-state index in [2.05, 4.69) is 0 Å². The van der Waals surface area contributed by atoms with E-state index in [4.69, 9.17) is 4.74 Å². The van der Waals surface area contributed by atoms with E-state index in [9.17, 15) is 9.59 Å². The number of hydrogen-bond donors (Lipinski definition) is 0. The summed E-state index contributed by atoms with van der Waals surface area (Å²) >= 11 is 0. The van der Waals surface area contributed by atoms with Gasteiger partial charge >= 0.3 is 5.97 Å². The molecule has 0 aromatic carbocycles. The number of fused-ring (bicyclic) bond motifs is 1. The first kappa shape index (κ1) is 7.77. The minimum absolute atomic E-state index is 0.109. The Bertz CT molecular complexity index is 234. The highest BCUT2D eigenvalue weighted by Crippen LogP contribution is 2.53. The molecule has 0 radical (unpaired) electrons. The van der Waals surface area contributed by atoms with Crippen molar-refractivity contribution >= 4 is 11.8 Å². The molecule has 0 heterocycles. The van der Waals surface area contributed by atoms with Gasteiger partial charge in [0.25, 0.3) is 0 Å². The maximum absolute atomic E-state index is 11.3. The maximum atomic E-state index is 11.3. The van der Waals surface area contributed by atoms with Gasteiger partial charge in [0.1, 0.15) is 5.78 Å². The van der Waals surface area contributed by atoms with Crippen molar-refractivity contribution in [1.29, 1.82) is 0 Å². The lowest BCUT2D eigenvalue weighted by molar-refractivity contribution is -0.149. The van der Waals surface area contributed by atoms with Crippen LogP contribution in [0.4, 0.5) is 0 Å². The van der Waals surface area contributed by atoms with Crippen LogP contribution in [0, 0.1) is 17.8 Å². The Morgan fingerprint density at radius 3 is 2.83 bits per heavy atom. The van der Waals surface area contributed by atoms with Gasteiger partial charge in [-0.05, 0) is 19.3 Å². The van der Waals surface area contributed by atoms with E-state index >= 15 is 0 Å². The largest absolute Gasteiger partial charge is 0.466 e. The predicted molar refractivity (Wildman–Crippen MR) is 41.3 cm³/mol. The van der Waals surface area contributed by atoms with Gasteiger partial charge < -0.3 is 4.74 Å². The molecule has 2 unspecified atom stereocenters. The Morgan fingerprint density at radius 1 is 1.67 bits per heavy atom. The van der Waals surface area contributed by atoms with Crippen LogP contribution in [0.3, 0.4) is 0 Å². The summed E-state index contributed by atoms with van der Waals surface area (Å²) < 4.78 is 4.88. The van der Waals surface area contributed by atoms with Crippen LogP contribution in [-0.4, -0.2) is 18.4 Å². The number of hydrogen-bond acceptors (Lipinski definition) is 3. The van der Waals surface area contributed by atoms with Crippen LogP contribution in [0.25, 0.3) is 0 Å². The Morgan fingerprint density at radius 2 is 2.42 bits per heavy atom. The average Bonchev–Trinajstić information content (AvgIpc) is 2.74. The van der Waals surface area contributed by atoms with Crippen LogP contribution in [0.2, 0.25) is 0 Å². The standard InChI is InChI=1S/C9H12O3/c1-2-12-9(11)7-4-8(10)6-3-5(6)7/h5-7H,2-4H2,1H3/t5?,6-,7?/m1/s1. The maximum Gasteiger partial charge on any atom is 0.309 e. The smallest absolute Gasteiger partial charge is 0.309 e. The fourth-order valence-corrected chi connectivity index (χ4v) is 2.06. The normalized spacial score (nSPS) is 37.8. The van der Waals surface area contributed by atoms with E-state index in [0.717, 1.165) is 6.42 Å². The van der Waals surface area contributed by atoms with Crippen molar-refractivity contribution in [3.05, 3.63) is 0 Å². The number of Topliss-reactive ketones (excluding diaryl/α,β-unsaturated/α-hetero) is 1. The van der Waals surface area contributed by atoms with E-state index in [1.807, 2.05) is 0 Å². The van der Waals surface area contributed by atoms with Gasteiger partial charge in [-0.25, -0.2) is 0 Å². The average molecular weight is 168 g/mol. The third-order valence-corrected chi connectivity index (χ3v) is 2.78. The van der Waals surface area contributed by atoms with Crippen molar-refractivity contribution in [3.8, 4) is 0 Å². The summed E-state index contributed by atoms with van der Waals surface area (Å²) in [5, 5.41) is 0. The fraction of sp³-hybridized carbons (Fsp3) is 0.778. The zero-order valence-electron chi connectivity index (χ0n) is 7.08. The summed E-state index contributed by atoms with van der Waals surface area (Å²) in [7, 11) is 0. The number of carbonyl (C=O) groups excluding carboxylic acids is 2. The van der Waals surface area contributed by atoms with Crippen LogP contribution in [0.1, 0.15) is 19.8 Å². The molecule has 0 aliphatic heterocycles. The van der Waals surface area contributed by atoms with Gasteiger partial charge in [0.15, 0.2) is 0 Å². The molecule has 2 aliphatic rings. The molecule has 0 spiro atoms. The molecular formula is C9H12O3. The summed E-state index contributed by atoms with van der Waals surface area (Å²) in [6, 6.07) is 0. The summed E-state index contributed by atoms with van der Waals surface area (Å²) in [5.74, 6) is 0.521. The van der Waals surface area contributed by atoms with Gasteiger partial charge in [0, 0.05) is 12.3 Å². The molecule has 0 bridgehead atoms. The molecule has 3 nitrogen and oxygen atoms in total. The lowest BCUT2D eigenvalue weighted by atomic mass is 10.0. The molecule has 0 N–H and O–H groups in total. The Balaban J connectivity index is 1.97. The monoisotopic (exact) mass is 168 g/mol. The molecule has 12 heavy (non-hydrogen) atoms. The molecule has 0 aromatic heterocycles. The summed E-state index contributed by atoms with van der Waals surface area (Å²) in [4.78, 5) is 22.4. The van der Waals surface area contributed by atoms with Crippen molar-refractivity contribution in [3.63, 3.8) is 0 Å². The third kappa shape index (κ3) is 1.04. The molecule has 0 amide bonds. The van der Waals surface area contributed by atoms with Gasteiger partial charge in [0.05, 0.1) is 12.5 Å². The Labute approximate surface area is 71.1 Å². The Kier molecular flexibility index (Phi) is 1.67. The minimum Gasteiger partial charge on any atom is -0.466 e. The first-order valence-electron chi connectivity index (χ1n) is 4.43. The highest BCUT2D eigenvalue weighted by molar-refractivity contribution is 5.93. The highest BCUT2D eigenvalue weighted by Gasteiger charge is 2.56. The molecule has 3 heteroatoms. The van der Waals surface area contributed by atoms with Crippen molar-refractivity contribution in [2.75, 3.05) is 6.61 Å². The third-order valence-electron chi connectivity index (χ3n) is 2.78. The van der Waals surface area contributed by atoms with Crippen LogP contribution in [0.15, 0.2) is 0 Å². The molecule has 0 saturated heterocycles. The second-order valence-corrected chi connectivity index (χ2v) is 3.54. The second-order valence-electron chi connectivity index (χ2n) is 3.54. The summed E-state index contributed by atoms with van der Waals surface area (Å²) in [6.07, 6.45) is 1.34. The zero-order valence-corrected chi connectivity index (χ0v) is 7.08. The van der Waals surface area contributed by atoms with E-state index in [1.165, 1.54) is 0 Å². The van der Waals surface area contributed by atoms with Crippen LogP contribution >= 0.6 is 0 Å². The Hall–Kier alpha value is -0.860. The number of ketones is 1. The van der Waals surface area contributed by atoms with Crippen LogP contribution in [0.5, 0.6) is 0 Å². The van der Waals surface area contributed by atoms with E-state index in [-0.39, 0.29) is 23.6 Å². The predicted octanol–water partition coefficient (Wildman–Crippen LogP) is 0.775. The van der Waals surface area contributed by atoms with Crippen molar-refractivity contribution in [1.82, 2.24) is 0 Å². The lowest BCUT2D eigenvalue weighted by Crippen LogP contribution is -2.18. The molecular weight excluding hydrogens is 156 g/mol. The highest BCUT2D eigenvalue weighted by atomic mass is 16.5. The molecule has 2 fully saturated rings. The van der Waals surface area contributed by atoms with E-state index in [0.29, 0.717) is 18.9 Å². The van der Waals surface area contributed by atoms with Crippen LogP contribution in [-0.2, 0) is 14.3 Å². The SMILES string of the molecule is CCOC(=O)C1CC(=O)[C@@H]2CC12. The van der Waals surface area contributed by atoms with Crippen molar-refractivity contribution < 1.29 is 14.3 Å². The number of ether oxygens (including phenoxy) is 1. The first-order valence-corrected chi connectivity index (χ1v) is 4.43. The van der Waals surface area contributed by atoms with Crippen molar-refractivity contribution in [2.24, 2.45) is 17.8 Å². The van der Waals surface area contributed by atoms with Crippen LogP contribution < -0.4 is 0 Å². The molecule has 2 rings (SSSR count). The quantitative estimate of drug-likeness (QED) is 0.572. The van der Waals surface area contributed by atoms with Gasteiger partial charge in [-0.2, -0.15) is 0 Å². The first-order chi connectivity index (χ1) is 5.74. The zero-order chi connectivity index (χ0) is 8.72. The molecule has 2 aliphatic carbocycles. The fourth-order valence-electron chi connectivity index (χ4n) is 2.06. The summed E-state index contributed by atoms with van der Waals surface area (Å²) in [5.41, 5.74) is 0. The van der Waals surface area contributed by atoms with E-state index < -0.39 is 0 Å². The number of esters is 1. The van der Waals surface area contributed by atoms with Gasteiger partial charge in [-0.1, -0.05) is 0 Å². The molecule has 3 atom stereocenters. The van der Waals surface area contributed by atoms with E-state index in [1.54, 1.807) is 6.92 Å². The van der Waals surface area contributed by atoms with Gasteiger partial charge in [-0.3, -0.25) is 9.59 Å². The van der Waals surface area contributed by atoms with Gasteiger partial charge in [-0.15, -0.1) is 0 Å². The van der Waals surface area contributed by atoms with Crippen molar-refractivity contribution in [2.45, 2.75) is 19.8 Å². The van der Waals surface area contributed by atoms with Gasteiger partial charge in [0.2, 0.25) is 0 Å². The topological polar surface area (TPSA) is 43.4 Å². The molecule has 0 aromatic rings. The molecule has 66 valence electrons. The minimum atomic E-state index is -0.171. The lowest BCUT2D eigenvalue weighted by Gasteiger charge is -2.08. The number of carbonyl (C=O) groups is 2. The molecule has 2 saturated carbocycles.